The minimum Gasteiger partial charge on any atom is -0.481 e. The third kappa shape index (κ3) is 2.74. The molecule has 5 nitrogen and oxygen atoms in total. The van der Waals surface area contributed by atoms with Crippen LogP contribution in [0.25, 0.3) is 11.2 Å². The standard InChI is InChI=1S/C15H16ClN3O2/c1-10-3-4-11(21-10)9-19-13(7-8-16)17-12-5-6-14(20-2)18-15(12)19/h3-6H,7-9H2,1-2H3. The van der Waals surface area contributed by atoms with Gasteiger partial charge in [-0.1, -0.05) is 0 Å². The Morgan fingerprint density at radius 2 is 2.10 bits per heavy atom. The molecule has 6 heteroatoms. The van der Waals surface area contributed by atoms with Crippen LogP contribution in [-0.2, 0) is 13.0 Å². The van der Waals surface area contributed by atoms with E-state index in [0.717, 1.165) is 28.5 Å². The van der Waals surface area contributed by atoms with E-state index in [2.05, 4.69) is 9.97 Å². The quantitative estimate of drug-likeness (QED) is 0.679. The first-order valence-corrected chi connectivity index (χ1v) is 7.26. The van der Waals surface area contributed by atoms with Crippen molar-refractivity contribution >= 4 is 22.8 Å². The summed E-state index contributed by atoms with van der Waals surface area (Å²) in [5.74, 6) is 3.73. The number of halogens is 1. The number of aromatic nitrogens is 3. The van der Waals surface area contributed by atoms with E-state index < -0.39 is 0 Å². The monoisotopic (exact) mass is 305 g/mol. The summed E-state index contributed by atoms with van der Waals surface area (Å²) in [6, 6.07) is 7.62. The SMILES string of the molecule is COc1ccc2nc(CCCl)n(Cc3ccc(C)o3)c2n1. The van der Waals surface area contributed by atoms with E-state index in [1.165, 1.54) is 0 Å². The van der Waals surface area contributed by atoms with Crippen LogP contribution in [-0.4, -0.2) is 27.5 Å². The Hall–Kier alpha value is -2.01. The van der Waals surface area contributed by atoms with Crippen LogP contribution in [0.3, 0.4) is 0 Å². The number of imidazole rings is 1. The van der Waals surface area contributed by atoms with E-state index in [9.17, 15) is 0 Å². The molecule has 0 spiro atoms. The molecule has 0 N–H and O–H groups in total. The summed E-state index contributed by atoms with van der Waals surface area (Å²) < 4.78 is 12.9. The second kappa shape index (κ2) is 5.77. The molecule has 0 bridgehead atoms. The van der Waals surface area contributed by atoms with Crippen LogP contribution in [0.15, 0.2) is 28.7 Å². The van der Waals surface area contributed by atoms with Gasteiger partial charge in [-0.05, 0) is 25.1 Å². The molecular formula is C15H16ClN3O2. The van der Waals surface area contributed by atoms with Crippen molar-refractivity contribution in [2.24, 2.45) is 0 Å². The minimum absolute atomic E-state index is 0.512. The van der Waals surface area contributed by atoms with Crippen molar-refractivity contribution in [3.8, 4) is 5.88 Å². The summed E-state index contributed by atoms with van der Waals surface area (Å²) in [7, 11) is 1.60. The topological polar surface area (TPSA) is 53.1 Å². The molecule has 3 aromatic heterocycles. The first-order chi connectivity index (χ1) is 10.2. The molecule has 0 unspecified atom stereocenters. The normalized spacial score (nSPS) is 11.2. The van der Waals surface area contributed by atoms with Gasteiger partial charge in [0, 0.05) is 18.4 Å². The number of fused-ring (bicyclic) bond motifs is 1. The Morgan fingerprint density at radius 3 is 2.76 bits per heavy atom. The molecule has 0 aliphatic carbocycles. The van der Waals surface area contributed by atoms with E-state index in [1.807, 2.05) is 29.7 Å². The number of alkyl halides is 1. The molecule has 0 aromatic carbocycles. The molecule has 21 heavy (non-hydrogen) atoms. The molecule has 0 radical (unpaired) electrons. The van der Waals surface area contributed by atoms with Gasteiger partial charge in [-0.3, -0.25) is 0 Å². The van der Waals surface area contributed by atoms with Gasteiger partial charge in [0.25, 0.3) is 0 Å². The molecular weight excluding hydrogens is 290 g/mol. The molecule has 0 aliphatic rings. The van der Waals surface area contributed by atoms with Crippen LogP contribution in [0.2, 0.25) is 0 Å². The lowest BCUT2D eigenvalue weighted by molar-refractivity contribution is 0.398. The molecule has 3 aromatic rings. The largest absolute Gasteiger partial charge is 0.481 e. The second-order valence-electron chi connectivity index (χ2n) is 4.76. The van der Waals surface area contributed by atoms with Gasteiger partial charge in [0.2, 0.25) is 5.88 Å². The van der Waals surface area contributed by atoms with Crippen molar-refractivity contribution in [2.75, 3.05) is 13.0 Å². The average molecular weight is 306 g/mol. The highest BCUT2D eigenvalue weighted by Gasteiger charge is 2.14. The lowest BCUT2D eigenvalue weighted by atomic mass is 10.4. The molecule has 3 heterocycles. The number of hydrogen-bond donors (Lipinski definition) is 0. The Kier molecular flexibility index (Phi) is 3.84. The van der Waals surface area contributed by atoms with Gasteiger partial charge in [-0.2, -0.15) is 4.98 Å². The number of hydrogen-bond acceptors (Lipinski definition) is 4. The van der Waals surface area contributed by atoms with E-state index in [0.29, 0.717) is 24.7 Å². The number of rotatable bonds is 5. The Morgan fingerprint density at radius 1 is 1.24 bits per heavy atom. The average Bonchev–Trinajstić information content (AvgIpc) is 3.04. The third-order valence-corrected chi connectivity index (χ3v) is 3.47. The molecule has 110 valence electrons. The van der Waals surface area contributed by atoms with Gasteiger partial charge < -0.3 is 13.7 Å². The van der Waals surface area contributed by atoms with Crippen LogP contribution in [0, 0.1) is 6.92 Å². The number of nitrogens with zero attached hydrogens (tertiary/aromatic N) is 3. The molecule has 0 aliphatic heterocycles. The van der Waals surface area contributed by atoms with Crippen molar-refractivity contribution < 1.29 is 9.15 Å². The van der Waals surface area contributed by atoms with Gasteiger partial charge in [-0.25, -0.2) is 4.98 Å². The number of furan rings is 1. The zero-order valence-corrected chi connectivity index (χ0v) is 12.7. The van der Waals surface area contributed by atoms with E-state index in [-0.39, 0.29) is 0 Å². The van der Waals surface area contributed by atoms with Crippen molar-refractivity contribution in [1.29, 1.82) is 0 Å². The smallest absolute Gasteiger partial charge is 0.215 e. The highest BCUT2D eigenvalue weighted by Crippen LogP contribution is 2.21. The predicted molar refractivity (Wildman–Crippen MR) is 81.1 cm³/mol. The Bertz CT molecular complexity index is 763. The summed E-state index contributed by atoms with van der Waals surface area (Å²) in [4.78, 5) is 9.09. The van der Waals surface area contributed by atoms with E-state index in [4.69, 9.17) is 20.8 Å². The second-order valence-corrected chi connectivity index (χ2v) is 5.14. The predicted octanol–water partition coefficient (Wildman–Crippen LogP) is 3.17. The summed E-state index contributed by atoms with van der Waals surface area (Å²) in [6.07, 6.45) is 0.680. The fourth-order valence-electron chi connectivity index (χ4n) is 2.31. The zero-order chi connectivity index (χ0) is 14.8. The maximum Gasteiger partial charge on any atom is 0.215 e. The fourth-order valence-corrected chi connectivity index (χ4v) is 2.48. The molecule has 3 rings (SSSR count). The molecule has 0 amide bonds. The minimum atomic E-state index is 0.512. The van der Waals surface area contributed by atoms with Crippen LogP contribution in [0.5, 0.6) is 5.88 Å². The summed E-state index contributed by atoms with van der Waals surface area (Å²) >= 11 is 5.88. The third-order valence-electron chi connectivity index (χ3n) is 3.28. The lowest BCUT2D eigenvalue weighted by Gasteiger charge is -2.06. The van der Waals surface area contributed by atoms with Crippen LogP contribution in [0.4, 0.5) is 0 Å². The van der Waals surface area contributed by atoms with Crippen molar-refractivity contribution in [2.45, 2.75) is 19.9 Å². The molecule has 0 fully saturated rings. The van der Waals surface area contributed by atoms with Gasteiger partial charge in [0.05, 0.1) is 13.7 Å². The molecule has 0 saturated heterocycles. The van der Waals surface area contributed by atoms with Crippen LogP contribution in [0.1, 0.15) is 17.3 Å². The van der Waals surface area contributed by atoms with Gasteiger partial charge in [0.15, 0.2) is 5.65 Å². The van der Waals surface area contributed by atoms with Crippen molar-refractivity contribution in [3.63, 3.8) is 0 Å². The van der Waals surface area contributed by atoms with Gasteiger partial charge in [-0.15, -0.1) is 11.6 Å². The number of aryl methyl sites for hydroxylation is 2. The maximum atomic E-state index is 5.88. The Balaban J connectivity index is 2.09. The Labute approximate surface area is 127 Å². The molecule has 0 atom stereocenters. The number of ether oxygens (including phenoxy) is 1. The van der Waals surface area contributed by atoms with Crippen molar-refractivity contribution in [1.82, 2.24) is 14.5 Å². The van der Waals surface area contributed by atoms with Crippen LogP contribution >= 0.6 is 11.6 Å². The first kappa shape index (κ1) is 13.9. The lowest BCUT2D eigenvalue weighted by Crippen LogP contribution is -2.06. The van der Waals surface area contributed by atoms with E-state index >= 15 is 0 Å². The van der Waals surface area contributed by atoms with Gasteiger partial charge >= 0.3 is 0 Å². The number of pyridine rings is 1. The van der Waals surface area contributed by atoms with Crippen molar-refractivity contribution in [3.05, 3.63) is 41.6 Å². The summed E-state index contributed by atoms with van der Waals surface area (Å²) in [5.41, 5.74) is 1.61. The molecule has 0 saturated carbocycles. The highest BCUT2D eigenvalue weighted by atomic mass is 35.5. The summed E-state index contributed by atoms with van der Waals surface area (Å²) in [6.45, 7) is 2.51. The van der Waals surface area contributed by atoms with Crippen LogP contribution < -0.4 is 4.74 Å². The highest BCUT2D eigenvalue weighted by molar-refractivity contribution is 6.17. The first-order valence-electron chi connectivity index (χ1n) is 6.72. The fraction of sp³-hybridized carbons (Fsp3) is 0.333. The van der Waals surface area contributed by atoms with E-state index in [1.54, 1.807) is 13.2 Å². The van der Waals surface area contributed by atoms with Gasteiger partial charge in [0.1, 0.15) is 22.9 Å². The maximum absolute atomic E-state index is 5.88. The summed E-state index contributed by atoms with van der Waals surface area (Å²) in [5, 5.41) is 0. The number of methoxy groups -OCH3 is 1. The zero-order valence-electron chi connectivity index (χ0n) is 12.0.